The van der Waals surface area contributed by atoms with Crippen LogP contribution in [0.2, 0.25) is 0 Å². The van der Waals surface area contributed by atoms with Gasteiger partial charge in [0.15, 0.2) is 0 Å². The molecular weight excluding hydrogens is 150 g/mol. The molecule has 0 saturated heterocycles. The van der Waals surface area contributed by atoms with E-state index in [2.05, 4.69) is 31.2 Å². The fourth-order valence-electron chi connectivity index (χ4n) is 1.24. The molecule has 0 fully saturated rings. The zero-order valence-electron chi connectivity index (χ0n) is 7.99. The Balaban J connectivity index is 2.53. The lowest BCUT2D eigenvalue weighted by Crippen LogP contribution is -2.33. The molecular formula is C9H17N3. The second-order valence-electron chi connectivity index (χ2n) is 3.07. The predicted molar refractivity (Wildman–Crippen MR) is 50.1 cm³/mol. The van der Waals surface area contributed by atoms with Crippen molar-refractivity contribution in [1.82, 2.24) is 15.1 Å². The average Bonchev–Trinajstić information content (AvgIpc) is 2.55. The number of hydrogen-bond acceptors (Lipinski definition) is 2. The van der Waals surface area contributed by atoms with Crippen LogP contribution in [0.1, 0.15) is 26.8 Å². The minimum atomic E-state index is 0.417. The van der Waals surface area contributed by atoms with E-state index in [1.165, 1.54) is 0 Å². The zero-order valence-corrected chi connectivity index (χ0v) is 7.99. The molecule has 1 N–H and O–H groups in total. The van der Waals surface area contributed by atoms with Crippen LogP contribution in [0.25, 0.3) is 0 Å². The number of rotatable bonds is 4. The van der Waals surface area contributed by atoms with E-state index in [9.17, 15) is 0 Å². The lowest BCUT2D eigenvalue weighted by Gasteiger charge is -2.20. The molecule has 1 aromatic heterocycles. The van der Waals surface area contributed by atoms with Gasteiger partial charge in [0.2, 0.25) is 0 Å². The molecule has 3 heteroatoms. The van der Waals surface area contributed by atoms with Crippen LogP contribution in [0, 0.1) is 0 Å². The Morgan fingerprint density at radius 3 is 2.75 bits per heavy atom. The second-order valence-corrected chi connectivity index (χ2v) is 3.07. The first-order valence-corrected chi connectivity index (χ1v) is 4.48. The third kappa shape index (κ3) is 2.08. The fourth-order valence-corrected chi connectivity index (χ4v) is 1.24. The average molecular weight is 167 g/mol. The standard InChI is InChI=1S/C9H17N3/c1-4-10-8(2)9(3)12-7-5-6-11-12/h5-10H,4H2,1-3H3. The molecule has 0 bridgehead atoms. The Morgan fingerprint density at radius 2 is 2.25 bits per heavy atom. The highest BCUT2D eigenvalue weighted by molar-refractivity contribution is 4.83. The van der Waals surface area contributed by atoms with Gasteiger partial charge in [0.25, 0.3) is 0 Å². The van der Waals surface area contributed by atoms with E-state index in [0.717, 1.165) is 6.54 Å². The first-order chi connectivity index (χ1) is 5.75. The Hall–Kier alpha value is -0.830. The number of hydrogen-bond donors (Lipinski definition) is 1. The molecule has 2 atom stereocenters. The van der Waals surface area contributed by atoms with E-state index >= 15 is 0 Å². The topological polar surface area (TPSA) is 29.9 Å². The van der Waals surface area contributed by atoms with Crippen molar-refractivity contribution in [1.29, 1.82) is 0 Å². The van der Waals surface area contributed by atoms with Crippen molar-refractivity contribution in [2.75, 3.05) is 6.54 Å². The maximum atomic E-state index is 4.20. The minimum absolute atomic E-state index is 0.417. The SMILES string of the molecule is CCNC(C)C(C)n1cccn1. The number of nitrogens with zero attached hydrogens (tertiary/aromatic N) is 2. The quantitative estimate of drug-likeness (QED) is 0.735. The van der Waals surface area contributed by atoms with Gasteiger partial charge in [0.1, 0.15) is 0 Å². The van der Waals surface area contributed by atoms with Gasteiger partial charge in [-0.15, -0.1) is 0 Å². The zero-order chi connectivity index (χ0) is 8.97. The fraction of sp³-hybridized carbons (Fsp3) is 0.667. The number of likely N-dealkylation sites (N-methyl/N-ethyl adjacent to an activating group) is 1. The molecule has 0 aliphatic carbocycles. The van der Waals surface area contributed by atoms with Crippen LogP contribution in [0.3, 0.4) is 0 Å². The van der Waals surface area contributed by atoms with E-state index in [0.29, 0.717) is 12.1 Å². The monoisotopic (exact) mass is 167 g/mol. The Kier molecular flexibility index (Phi) is 3.29. The van der Waals surface area contributed by atoms with Gasteiger partial charge < -0.3 is 5.32 Å². The van der Waals surface area contributed by atoms with Crippen molar-refractivity contribution >= 4 is 0 Å². The first kappa shape index (κ1) is 9.26. The summed E-state index contributed by atoms with van der Waals surface area (Å²) < 4.78 is 1.98. The molecule has 0 aliphatic rings. The van der Waals surface area contributed by atoms with Gasteiger partial charge in [-0.1, -0.05) is 6.92 Å². The van der Waals surface area contributed by atoms with Crippen LogP contribution < -0.4 is 5.32 Å². The highest BCUT2D eigenvalue weighted by Crippen LogP contribution is 2.07. The van der Waals surface area contributed by atoms with E-state index in [-0.39, 0.29) is 0 Å². The third-order valence-electron chi connectivity index (χ3n) is 2.19. The van der Waals surface area contributed by atoms with Gasteiger partial charge in [0, 0.05) is 18.4 Å². The van der Waals surface area contributed by atoms with Gasteiger partial charge >= 0.3 is 0 Å². The minimum Gasteiger partial charge on any atom is -0.312 e. The molecule has 0 amide bonds. The molecule has 12 heavy (non-hydrogen) atoms. The van der Waals surface area contributed by atoms with E-state index in [1.54, 1.807) is 0 Å². The van der Waals surface area contributed by atoms with Crippen LogP contribution in [-0.2, 0) is 0 Å². The normalized spacial score (nSPS) is 15.9. The maximum absolute atomic E-state index is 4.20. The highest BCUT2D eigenvalue weighted by atomic mass is 15.3. The summed E-state index contributed by atoms with van der Waals surface area (Å²) in [5.74, 6) is 0. The van der Waals surface area contributed by atoms with Gasteiger partial charge in [-0.2, -0.15) is 5.10 Å². The van der Waals surface area contributed by atoms with Crippen LogP contribution in [0.5, 0.6) is 0 Å². The molecule has 0 spiro atoms. The van der Waals surface area contributed by atoms with Crippen molar-refractivity contribution in [3.05, 3.63) is 18.5 Å². The van der Waals surface area contributed by atoms with Gasteiger partial charge in [0.05, 0.1) is 6.04 Å². The summed E-state index contributed by atoms with van der Waals surface area (Å²) in [5.41, 5.74) is 0. The molecule has 1 rings (SSSR count). The molecule has 3 nitrogen and oxygen atoms in total. The summed E-state index contributed by atoms with van der Waals surface area (Å²) >= 11 is 0. The van der Waals surface area contributed by atoms with Crippen molar-refractivity contribution in [2.45, 2.75) is 32.9 Å². The van der Waals surface area contributed by atoms with Crippen LogP contribution in [0.15, 0.2) is 18.5 Å². The van der Waals surface area contributed by atoms with Crippen molar-refractivity contribution in [3.8, 4) is 0 Å². The molecule has 0 saturated carbocycles. The largest absolute Gasteiger partial charge is 0.312 e. The molecule has 1 aromatic rings. The second kappa shape index (κ2) is 4.26. The summed E-state index contributed by atoms with van der Waals surface area (Å²) in [6.45, 7) is 7.47. The van der Waals surface area contributed by atoms with Crippen molar-refractivity contribution < 1.29 is 0 Å². The molecule has 0 aromatic carbocycles. The van der Waals surface area contributed by atoms with E-state index < -0.39 is 0 Å². The molecule has 0 aliphatic heterocycles. The maximum Gasteiger partial charge on any atom is 0.0641 e. The summed E-state index contributed by atoms with van der Waals surface area (Å²) in [6.07, 6.45) is 3.81. The van der Waals surface area contributed by atoms with Crippen LogP contribution >= 0.6 is 0 Å². The lowest BCUT2D eigenvalue weighted by molar-refractivity contribution is 0.372. The molecule has 1 heterocycles. The van der Waals surface area contributed by atoms with Gasteiger partial charge in [-0.25, -0.2) is 0 Å². The van der Waals surface area contributed by atoms with Crippen LogP contribution in [0.4, 0.5) is 0 Å². The highest BCUT2D eigenvalue weighted by Gasteiger charge is 2.11. The van der Waals surface area contributed by atoms with E-state index in [1.807, 2.05) is 23.1 Å². The van der Waals surface area contributed by atoms with Crippen LogP contribution in [-0.4, -0.2) is 22.4 Å². The van der Waals surface area contributed by atoms with Gasteiger partial charge in [-0.05, 0) is 26.5 Å². The first-order valence-electron chi connectivity index (χ1n) is 4.48. The predicted octanol–water partition coefficient (Wildman–Crippen LogP) is 1.44. The molecule has 68 valence electrons. The summed E-state index contributed by atoms with van der Waals surface area (Å²) in [4.78, 5) is 0. The summed E-state index contributed by atoms with van der Waals surface area (Å²) in [6, 6.07) is 2.84. The lowest BCUT2D eigenvalue weighted by atomic mass is 10.2. The van der Waals surface area contributed by atoms with Crippen molar-refractivity contribution in [3.63, 3.8) is 0 Å². The summed E-state index contributed by atoms with van der Waals surface area (Å²) in [5, 5.41) is 7.57. The Labute approximate surface area is 73.8 Å². The smallest absolute Gasteiger partial charge is 0.0641 e. The summed E-state index contributed by atoms with van der Waals surface area (Å²) in [7, 11) is 0. The Morgan fingerprint density at radius 1 is 1.50 bits per heavy atom. The molecule has 2 unspecified atom stereocenters. The van der Waals surface area contributed by atoms with Gasteiger partial charge in [-0.3, -0.25) is 4.68 Å². The molecule has 0 radical (unpaired) electrons. The van der Waals surface area contributed by atoms with E-state index in [4.69, 9.17) is 0 Å². The third-order valence-corrected chi connectivity index (χ3v) is 2.19. The number of aromatic nitrogens is 2. The Bertz CT molecular complexity index is 206. The van der Waals surface area contributed by atoms with Crippen molar-refractivity contribution in [2.24, 2.45) is 0 Å². The number of nitrogens with one attached hydrogen (secondary N) is 1.